The van der Waals surface area contributed by atoms with Crippen molar-refractivity contribution in [3.8, 4) is 0 Å². The van der Waals surface area contributed by atoms with E-state index in [1.807, 2.05) is 20.8 Å². The van der Waals surface area contributed by atoms with Gasteiger partial charge in [0.25, 0.3) is 0 Å². The van der Waals surface area contributed by atoms with Crippen LogP contribution in [0.3, 0.4) is 0 Å². The van der Waals surface area contributed by atoms with Crippen molar-refractivity contribution in [2.45, 2.75) is 73.0 Å². The van der Waals surface area contributed by atoms with Crippen LogP contribution in [0.2, 0.25) is 0 Å². The Morgan fingerprint density at radius 3 is 2.00 bits per heavy atom. The summed E-state index contributed by atoms with van der Waals surface area (Å²) in [7, 11) is 0. The number of rotatable bonds is 7. The lowest BCUT2D eigenvalue weighted by atomic mass is 9.90. The molecule has 0 heterocycles. The number of carbonyl (C=O) groups is 1. The average Bonchev–Trinajstić information content (AvgIpc) is 2.21. The minimum Gasteiger partial charge on any atom is -0.444 e. The van der Waals surface area contributed by atoms with Gasteiger partial charge in [-0.25, -0.2) is 4.79 Å². The molecular formula is C16H34N2O2. The molecule has 0 saturated carbocycles. The summed E-state index contributed by atoms with van der Waals surface area (Å²) in [5.41, 5.74) is -0.556. The summed E-state index contributed by atoms with van der Waals surface area (Å²) in [5.74, 6) is 1.16. The van der Waals surface area contributed by atoms with Gasteiger partial charge >= 0.3 is 6.09 Å². The lowest BCUT2D eigenvalue weighted by Crippen LogP contribution is -2.53. The van der Waals surface area contributed by atoms with E-state index in [4.69, 9.17) is 4.74 Å². The lowest BCUT2D eigenvalue weighted by Gasteiger charge is -2.34. The highest BCUT2D eigenvalue weighted by molar-refractivity contribution is 5.67. The molecule has 1 unspecified atom stereocenters. The van der Waals surface area contributed by atoms with E-state index in [2.05, 4.69) is 45.3 Å². The van der Waals surface area contributed by atoms with E-state index in [1.165, 1.54) is 0 Å². The standard InChI is InChI=1S/C16H34N2O2/c1-12(2)9-16(8,18-10-13(3)4)11-17-14(19)20-15(5,6)7/h12-13,18H,9-11H2,1-8H3,(H,17,19). The molecule has 0 fully saturated rings. The monoisotopic (exact) mass is 286 g/mol. The van der Waals surface area contributed by atoms with E-state index in [0.717, 1.165) is 13.0 Å². The highest BCUT2D eigenvalue weighted by atomic mass is 16.6. The molecule has 1 amide bonds. The van der Waals surface area contributed by atoms with E-state index in [9.17, 15) is 4.79 Å². The van der Waals surface area contributed by atoms with Crippen molar-refractivity contribution in [1.82, 2.24) is 10.6 Å². The quantitative estimate of drug-likeness (QED) is 0.752. The molecular weight excluding hydrogens is 252 g/mol. The first-order chi connectivity index (χ1) is 8.93. The summed E-state index contributed by atoms with van der Waals surface area (Å²) in [6.45, 7) is 18.1. The third-order valence-electron chi connectivity index (χ3n) is 2.82. The molecule has 0 aromatic heterocycles. The Labute approximate surface area is 125 Å². The first-order valence-corrected chi connectivity index (χ1v) is 7.65. The third-order valence-corrected chi connectivity index (χ3v) is 2.82. The Balaban J connectivity index is 4.45. The number of amides is 1. The van der Waals surface area contributed by atoms with Crippen LogP contribution in [0.4, 0.5) is 4.79 Å². The SMILES string of the molecule is CC(C)CNC(C)(CNC(=O)OC(C)(C)C)CC(C)C. The molecule has 4 heteroatoms. The van der Waals surface area contributed by atoms with Gasteiger partial charge in [-0.1, -0.05) is 27.7 Å². The van der Waals surface area contributed by atoms with Crippen LogP contribution in [0.5, 0.6) is 0 Å². The molecule has 0 aliphatic carbocycles. The molecule has 0 saturated heterocycles. The highest BCUT2D eigenvalue weighted by Crippen LogP contribution is 2.16. The van der Waals surface area contributed by atoms with Crippen LogP contribution >= 0.6 is 0 Å². The Morgan fingerprint density at radius 2 is 1.60 bits per heavy atom. The van der Waals surface area contributed by atoms with E-state index in [1.54, 1.807) is 0 Å². The molecule has 0 spiro atoms. The van der Waals surface area contributed by atoms with Crippen LogP contribution in [0.25, 0.3) is 0 Å². The predicted molar refractivity (Wildman–Crippen MR) is 84.9 cm³/mol. The van der Waals surface area contributed by atoms with Crippen molar-refractivity contribution in [3.63, 3.8) is 0 Å². The summed E-state index contributed by atoms with van der Waals surface area (Å²) in [6.07, 6.45) is 0.661. The molecule has 0 aliphatic rings. The van der Waals surface area contributed by atoms with E-state index >= 15 is 0 Å². The normalized spacial score (nSPS) is 15.3. The second-order valence-corrected chi connectivity index (χ2v) is 7.79. The van der Waals surface area contributed by atoms with Gasteiger partial charge in [0, 0.05) is 12.1 Å². The van der Waals surface area contributed by atoms with Crippen molar-refractivity contribution in [2.75, 3.05) is 13.1 Å². The number of hydrogen-bond acceptors (Lipinski definition) is 3. The van der Waals surface area contributed by atoms with Crippen LogP contribution in [-0.4, -0.2) is 30.3 Å². The second-order valence-electron chi connectivity index (χ2n) is 7.79. The molecule has 0 aromatic rings. The maximum absolute atomic E-state index is 11.8. The first kappa shape index (κ1) is 19.2. The summed E-state index contributed by atoms with van der Waals surface area (Å²) in [4.78, 5) is 11.8. The van der Waals surface area contributed by atoms with Crippen LogP contribution in [0.15, 0.2) is 0 Å². The summed E-state index contributed by atoms with van der Waals surface area (Å²) < 4.78 is 5.29. The topological polar surface area (TPSA) is 50.4 Å². The summed E-state index contributed by atoms with van der Waals surface area (Å²) in [6, 6.07) is 0. The minimum atomic E-state index is -0.454. The van der Waals surface area contributed by atoms with Crippen molar-refractivity contribution in [2.24, 2.45) is 11.8 Å². The number of ether oxygens (including phenoxy) is 1. The van der Waals surface area contributed by atoms with E-state index < -0.39 is 5.60 Å². The second kappa shape index (κ2) is 7.87. The van der Waals surface area contributed by atoms with Gasteiger partial charge in [-0.15, -0.1) is 0 Å². The Morgan fingerprint density at radius 1 is 1.05 bits per heavy atom. The molecule has 4 nitrogen and oxygen atoms in total. The summed E-state index contributed by atoms with van der Waals surface area (Å²) >= 11 is 0. The first-order valence-electron chi connectivity index (χ1n) is 7.65. The molecule has 20 heavy (non-hydrogen) atoms. The summed E-state index contributed by atoms with van der Waals surface area (Å²) in [5, 5.41) is 6.46. The van der Waals surface area contributed by atoms with Crippen molar-refractivity contribution in [1.29, 1.82) is 0 Å². The minimum absolute atomic E-state index is 0.102. The van der Waals surface area contributed by atoms with Crippen molar-refractivity contribution in [3.05, 3.63) is 0 Å². The molecule has 120 valence electrons. The third kappa shape index (κ3) is 10.1. The fraction of sp³-hybridized carbons (Fsp3) is 0.938. The molecule has 0 bridgehead atoms. The molecule has 0 aliphatic heterocycles. The number of alkyl carbamates (subject to hydrolysis) is 1. The van der Waals surface area contributed by atoms with E-state index in [0.29, 0.717) is 18.4 Å². The van der Waals surface area contributed by atoms with Gasteiger partial charge in [0.15, 0.2) is 0 Å². The molecule has 0 aromatic carbocycles. The molecule has 1 atom stereocenters. The smallest absolute Gasteiger partial charge is 0.407 e. The average molecular weight is 286 g/mol. The zero-order chi connectivity index (χ0) is 16.0. The van der Waals surface area contributed by atoms with Crippen LogP contribution < -0.4 is 10.6 Å². The lowest BCUT2D eigenvalue weighted by molar-refractivity contribution is 0.0507. The fourth-order valence-electron chi connectivity index (χ4n) is 2.14. The molecule has 0 radical (unpaired) electrons. The fourth-order valence-corrected chi connectivity index (χ4v) is 2.14. The largest absolute Gasteiger partial charge is 0.444 e. The zero-order valence-electron chi connectivity index (χ0n) is 14.6. The van der Waals surface area contributed by atoms with Gasteiger partial charge < -0.3 is 15.4 Å². The van der Waals surface area contributed by atoms with Gasteiger partial charge in [0.05, 0.1) is 0 Å². The van der Waals surface area contributed by atoms with Crippen LogP contribution in [-0.2, 0) is 4.74 Å². The number of hydrogen-bond donors (Lipinski definition) is 2. The maximum Gasteiger partial charge on any atom is 0.407 e. The van der Waals surface area contributed by atoms with Crippen LogP contribution in [0, 0.1) is 11.8 Å². The Hall–Kier alpha value is -0.770. The molecule has 0 rings (SSSR count). The van der Waals surface area contributed by atoms with Crippen molar-refractivity contribution < 1.29 is 9.53 Å². The van der Waals surface area contributed by atoms with Gasteiger partial charge in [0.1, 0.15) is 5.60 Å². The number of carbonyl (C=O) groups excluding carboxylic acids is 1. The Kier molecular flexibility index (Phi) is 7.56. The van der Waals surface area contributed by atoms with Gasteiger partial charge in [0.2, 0.25) is 0 Å². The van der Waals surface area contributed by atoms with Gasteiger partial charge in [-0.3, -0.25) is 0 Å². The zero-order valence-corrected chi connectivity index (χ0v) is 14.6. The van der Waals surface area contributed by atoms with Crippen molar-refractivity contribution >= 4 is 6.09 Å². The van der Waals surface area contributed by atoms with Gasteiger partial charge in [-0.05, 0) is 52.5 Å². The van der Waals surface area contributed by atoms with Gasteiger partial charge in [-0.2, -0.15) is 0 Å². The molecule has 2 N–H and O–H groups in total. The number of nitrogens with one attached hydrogen (secondary N) is 2. The van der Waals surface area contributed by atoms with E-state index in [-0.39, 0.29) is 11.6 Å². The van der Waals surface area contributed by atoms with Crippen LogP contribution in [0.1, 0.15) is 61.8 Å². The highest BCUT2D eigenvalue weighted by Gasteiger charge is 2.27. The predicted octanol–water partition coefficient (Wildman–Crippen LogP) is 3.56. The maximum atomic E-state index is 11.8. The Bertz CT molecular complexity index is 295.